The fourth-order valence-electron chi connectivity index (χ4n) is 1.01. The van der Waals surface area contributed by atoms with Crippen LogP contribution in [0.2, 0.25) is 0 Å². The third-order valence-electron chi connectivity index (χ3n) is 1.45. The van der Waals surface area contributed by atoms with Gasteiger partial charge in [0, 0.05) is 6.08 Å². The molecule has 0 fully saturated rings. The number of rotatable bonds is 2. The molecule has 0 spiro atoms. The molecule has 3 nitrogen and oxygen atoms in total. The second kappa shape index (κ2) is 3.80. The summed E-state index contributed by atoms with van der Waals surface area (Å²) in [4.78, 5) is 9.38. The van der Waals surface area contributed by atoms with Crippen LogP contribution in [0.15, 0.2) is 24.4 Å². The summed E-state index contributed by atoms with van der Waals surface area (Å²) in [6.07, 6.45) is 2.05. The van der Waals surface area contributed by atoms with E-state index < -0.39 is 4.92 Å². The van der Waals surface area contributed by atoms with Crippen LogP contribution in [0.4, 0.5) is 4.39 Å². The van der Waals surface area contributed by atoms with Gasteiger partial charge in [-0.15, -0.1) is 0 Å². The molecule has 0 atom stereocenters. The van der Waals surface area contributed by atoms with Crippen molar-refractivity contribution in [2.45, 2.75) is 6.92 Å². The molecule has 0 aliphatic carbocycles. The number of nitrogens with zero attached hydrogens (tertiary/aromatic N) is 1. The number of nitro groups is 1. The zero-order valence-corrected chi connectivity index (χ0v) is 7.03. The van der Waals surface area contributed by atoms with Gasteiger partial charge in [0.2, 0.25) is 6.20 Å². The lowest BCUT2D eigenvalue weighted by Crippen LogP contribution is -1.84. The van der Waals surface area contributed by atoms with Crippen molar-refractivity contribution in [3.05, 3.63) is 51.5 Å². The van der Waals surface area contributed by atoms with Gasteiger partial charge >= 0.3 is 0 Å². The lowest BCUT2D eigenvalue weighted by molar-refractivity contribution is -0.400. The molecule has 1 rings (SSSR count). The summed E-state index contributed by atoms with van der Waals surface area (Å²) in [5.74, 6) is -0.386. The monoisotopic (exact) mass is 181 g/mol. The van der Waals surface area contributed by atoms with Crippen LogP contribution in [0, 0.1) is 22.9 Å². The Morgan fingerprint density at radius 2 is 2.15 bits per heavy atom. The third kappa shape index (κ3) is 3.02. The minimum absolute atomic E-state index is 0.386. The van der Waals surface area contributed by atoms with Crippen molar-refractivity contribution >= 4 is 6.08 Å². The van der Waals surface area contributed by atoms with Crippen molar-refractivity contribution in [1.29, 1.82) is 0 Å². The van der Waals surface area contributed by atoms with Crippen LogP contribution in [0.5, 0.6) is 0 Å². The summed E-state index contributed by atoms with van der Waals surface area (Å²) in [6.45, 7) is 1.73. The van der Waals surface area contributed by atoms with Crippen molar-refractivity contribution in [3.8, 4) is 0 Å². The molecule has 0 radical (unpaired) electrons. The van der Waals surface area contributed by atoms with E-state index in [1.165, 1.54) is 18.2 Å². The van der Waals surface area contributed by atoms with Crippen LogP contribution in [0.1, 0.15) is 11.1 Å². The third-order valence-corrected chi connectivity index (χ3v) is 1.45. The van der Waals surface area contributed by atoms with Crippen LogP contribution in [0.25, 0.3) is 6.08 Å². The number of hydrogen-bond donors (Lipinski definition) is 0. The SMILES string of the molecule is Cc1cc(F)cc(/C=C/[N+](=O)[O-])c1. The Labute approximate surface area is 74.7 Å². The Balaban J connectivity index is 2.95. The molecule has 68 valence electrons. The second-order valence-electron chi connectivity index (χ2n) is 2.66. The van der Waals surface area contributed by atoms with Gasteiger partial charge in [-0.1, -0.05) is 6.07 Å². The van der Waals surface area contributed by atoms with E-state index in [9.17, 15) is 14.5 Å². The molecule has 13 heavy (non-hydrogen) atoms. The predicted octanol–water partition coefficient (Wildman–Crippen LogP) is 2.38. The minimum atomic E-state index is -0.583. The molecule has 1 aromatic carbocycles. The van der Waals surface area contributed by atoms with Crippen LogP contribution < -0.4 is 0 Å². The van der Waals surface area contributed by atoms with E-state index in [0.29, 0.717) is 5.56 Å². The molecule has 0 heterocycles. The first-order valence-corrected chi connectivity index (χ1v) is 3.67. The highest BCUT2D eigenvalue weighted by molar-refractivity contribution is 5.49. The fourth-order valence-corrected chi connectivity index (χ4v) is 1.01. The number of aryl methyl sites for hydroxylation is 1. The summed E-state index contributed by atoms with van der Waals surface area (Å²) in [5, 5.41) is 9.97. The van der Waals surface area contributed by atoms with Crippen LogP contribution in [0.3, 0.4) is 0 Å². The van der Waals surface area contributed by atoms with Gasteiger partial charge < -0.3 is 0 Å². The van der Waals surface area contributed by atoms with E-state index in [0.717, 1.165) is 11.8 Å². The van der Waals surface area contributed by atoms with E-state index in [-0.39, 0.29) is 5.82 Å². The molecular weight excluding hydrogens is 173 g/mol. The fraction of sp³-hybridized carbons (Fsp3) is 0.111. The first kappa shape index (κ1) is 9.38. The van der Waals surface area contributed by atoms with Gasteiger partial charge in [0.1, 0.15) is 5.82 Å². The summed E-state index contributed by atoms with van der Waals surface area (Å²) in [6, 6.07) is 4.28. The van der Waals surface area contributed by atoms with Gasteiger partial charge in [-0.3, -0.25) is 10.1 Å². The first-order chi connectivity index (χ1) is 6.08. The topological polar surface area (TPSA) is 43.1 Å². The second-order valence-corrected chi connectivity index (χ2v) is 2.66. The van der Waals surface area contributed by atoms with Crippen LogP contribution >= 0.6 is 0 Å². The first-order valence-electron chi connectivity index (χ1n) is 3.67. The summed E-state index contributed by atoms with van der Waals surface area (Å²) in [5.41, 5.74) is 1.23. The van der Waals surface area contributed by atoms with E-state index in [2.05, 4.69) is 0 Å². The van der Waals surface area contributed by atoms with Crippen molar-refractivity contribution in [1.82, 2.24) is 0 Å². The molecule has 0 amide bonds. The smallest absolute Gasteiger partial charge is 0.235 e. The quantitative estimate of drug-likeness (QED) is 0.519. The molecule has 0 N–H and O–H groups in total. The average molecular weight is 181 g/mol. The maximum absolute atomic E-state index is 12.7. The summed E-state index contributed by atoms with van der Waals surface area (Å²) < 4.78 is 12.7. The standard InChI is InChI=1S/C9H8FNO2/c1-7-4-8(2-3-11(12)13)6-9(10)5-7/h2-6H,1H3/b3-2+. The molecule has 0 bridgehead atoms. The predicted molar refractivity (Wildman–Crippen MR) is 47.2 cm³/mol. The lowest BCUT2D eigenvalue weighted by atomic mass is 10.1. The summed E-state index contributed by atoms with van der Waals surface area (Å²) in [7, 11) is 0. The largest absolute Gasteiger partial charge is 0.259 e. The molecule has 4 heteroatoms. The molecular formula is C9H8FNO2. The van der Waals surface area contributed by atoms with Gasteiger partial charge in [0.25, 0.3) is 0 Å². The highest BCUT2D eigenvalue weighted by Crippen LogP contribution is 2.09. The number of hydrogen-bond acceptors (Lipinski definition) is 2. The Morgan fingerprint density at radius 1 is 1.46 bits per heavy atom. The Kier molecular flexibility index (Phi) is 2.74. The highest BCUT2D eigenvalue weighted by atomic mass is 19.1. The average Bonchev–Trinajstić information content (AvgIpc) is 1.99. The van der Waals surface area contributed by atoms with Gasteiger partial charge in [0.05, 0.1) is 4.92 Å². The van der Waals surface area contributed by atoms with E-state index in [1.54, 1.807) is 13.0 Å². The van der Waals surface area contributed by atoms with Crippen molar-refractivity contribution in [2.24, 2.45) is 0 Å². The Hall–Kier alpha value is -1.71. The molecule has 1 aromatic rings. The Morgan fingerprint density at radius 3 is 2.69 bits per heavy atom. The number of benzene rings is 1. The van der Waals surface area contributed by atoms with Gasteiger partial charge in [-0.05, 0) is 30.2 Å². The molecule has 0 aromatic heterocycles. The van der Waals surface area contributed by atoms with Crippen molar-refractivity contribution < 1.29 is 9.31 Å². The van der Waals surface area contributed by atoms with Gasteiger partial charge in [-0.25, -0.2) is 4.39 Å². The van der Waals surface area contributed by atoms with Crippen molar-refractivity contribution in [2.75, 3.05) is 0 Å². The molecule has 0 aliphatic heterocycles. The van der Waals surface area contributed by atoms with Crippen LogP contribution in [-0.2, 0) is 0 Å². The highest BCUT2D eigenvalue weighted by Gasteiger charge is 1.95. The normalized spacial score (nSPS) is 10.6. The van der Waals surface area contributed by atoms with Gasteiger partial charge in [0.15, 0.2) is 0 Å². The van der Waals surface area contributed by atoms with E-state index in [4.69, 9.17) is 0 Å². The maximum Gasteiger partial charge on any atom is 0.235 e. The molecule has 0 saturated heterocycles. The maximum atomic E-state index is 12.7. The molecule has 0 aliphatic rings. The van der Waals surface area contributed by atoms with Crippen LogP contribution in [-0.4, -0.2) is 4.92 Å². The van der Waals surface area contributed by atoms with E-state index >= 15 is 0 Å². The minimum Gasteiger partial charge on any atom is -0.259 e. The Bertz CT molecular complexity index is 340. The summed E-state index contributed by atoms with van der Waals surface area (Å²) >= 11 is 0. The number of halogens is 1. The lowest BCUT2D eigenvalue weighted by Gasteiger charge is -1.95. The zero-order valence-electron chi connectivity index (χ0n) is 7.03. The van der Waals surface area contributed by atoms with Gasteiger partial charge in [-0.2, -0.15) is 0 Å². The molecule has 0 unspecified atom stereocenters. The molecule has 0 saturated carbocycles. The van der Waals surface area contributed by atoms with Crippen molar-refractivity contribution in [3.63, 3.8) is 0 Å². The van der Waals surface area contributed by atoms with E-state index in [1.807, 2.05) is 0 Å². The zero-order chi connectivity index (χ0) is 9.84.